The average molecular weight is 361 g/mol. The van der Waals surface area contributed by atoms with Crippen molar-refractivity contribution in [3.63, 3.8) is 0 Å². The average Bonchev–Trinajstić information content (AvgIpc) is 3.19. The molecular formula is C21H15NO3S. The molecule has 0 spiro atoms. The van der Waals surface area contributed by atoms with Crippen molar-refractivity contribution in [3.8, 4) is 5.75 Å². The second-order valence-electron chi connectivity index (χ2n) is 5.74. The van der Waals surface area contributed by atoms with Crippen LogP contribution in [-0.4, -0.2) is 18.9 Å². The van der Waals surface area contributed by atoms with Crippen LogP contribution in [0.5, 0.6) is 5.75 Å². The fourth-order valence-corrected chi connectivity index (χ4v) is 3.70. The third-order valence-corrected chi connectivity index (χ3v) is 5.06. The quantitative estimate of drug-likeness (QED) is 0.510. The molecule has 0 unspecified atom stereocenters. The molecule has 4 rings (SSSR count). The molecule has 5 heteroatoms. The number of ether oxygens (including phenoxy) is 1. The predicted octanol–water partition coefficient (Wildman–Crippen LogP) is 4.48. The summed E-state index contributed by atoms with van der Waals surface area (Å²) in [5.74, 6) is -0.228. The van der Waals surface area contributed by atoms with Gasteiger partial charge in [0.15, 0.2) is 0 Å². The summed E-state index contributed by atoms with van der Waals surface area (Å²) in [6, 6.07) is 18.1. The van der Waals surface area contributed by atoms with Crippen molar-refractivity contribution >= 4 is 40.5 Å². The predicted molar refractivity (Wildman–Crippen MR) is 103 cm³/mol. The number of amides is 2. The number of hydrogen-bond donors (Lipinski definition) is 0. The lowest BCUT2D eigenvalue weighted by Gasteiger charge is -2.29. The van der Waals surface area contributed by atoms with Crippen LogP contribution in [-0.2, 0) is 4.79 Å². The van der Waals surface area contributed by atoms with Crippen molar-refractivity contribution in [2.24, 2.45) is 0 Å². The Hall–Kier alpha value is -3.18. The van der Waals surface area contributed by atoms with Gasteiger partial charge in [0, 0.05) is 21.6 Å². The van der Waals surface area contributed by atoms with E-state index in [0.29, 0.717) is 28.1 Å². The summed E-state index contributed by atoms with van der Waals surface area (Å²) in [5.41, 5.74) is 2.09. The maximum atomic E-state index is 13.3. The molecule has 0 bridgehead atoms. The van der Waals surface area contributed by atoms with E-state index in [1.165, 1.54) is 12.0 Å². The summed E-state index contributed by atoms with van der Waals surface area (Å²) in [7, 11) is 1.52. The summed E-state index contributed by atoms with van der Waals surface area (Å²) in [6.45, 7) is 0. The van der Waals surface area contributed by atoms with Gasteiger partial charge in [-0.05, 0) is 35.7 Å². The highest BCUT2D eigenvalue weighted by Gasteiger charge is 2.37. The molecule has 128 valence electrons. The first-order valence-corrected chi connectivity index (χ1v) is 8.95. The highest BCUT2D eigenvalue weighted by atomic mass is 32.1. The molecule has 4 nitrogen and oxygen atoms in total. The molecule has 3 aromatic rings. The number of imide groups is 1. The van der Waals surface area contributed by atoms with E-state index in [9.17, 15) is 9.59 Å². The summed E-state index contributed by atoms with van der Waals surface area (Å²) in [5, 5.41) is 1.95. The van der Waals surface area contributed by atoms with Crippen molar-refractivity contribution in [2.75, 3.05) is 12.0 Å². The van der Waals surface area contributed by atoms with Gasteiger partial charge < -0.3 is 4.74 Å². The Morgan fingerprint density at radius 2 is 1.62 bits per heavy atom. The highest BCUT2D eigenvalue weighted by Crippen LogP contribution is 2.37. The molecule has 2 amide bonds. The number of fused-ring (bicyclic) bond motifs is 1. The molecular weight excluding hydrogens is 346 g/mol. The van der Waals surface area contributed by atoms with Crippen LogP contribution in [0.15, 0.2) is 66.0 Å². The summed E-state index contributed by atoms with van der Waals surface area (Å²) < 4.78 is 5.36. The third kappa shape index (κ3) is 2.62. The molecule has 26 heavy (non-hydrogen) atoms. The largest absolute Gasteiger partial charge is 0.495 e. The minimum absolute atomic E-state index is 0.349. The molecule has 0 aliphatic carbocycles. The molecule has 1 aliphatic heterocycles. The zero-order chi connectivity index (χ0) is 18.1. The van der Waals surface area contributed by atoms with Gasteiger partial charge in [0.1, 0.15) is 5.75 Å². The van der Waals surface area contributed by atoms with Gasteiger partial charge in [0.25, 0.3) is 11.8 Å². The number of anilines is 1. The van der Waals surface area contributed by atoms with E-state index >= 15 is 0 Å². The first-order valence-electron chi connectivity index (χ1n) is 8.07. The van der Waals surface area contributed by atoms with Crippen molar-refractivity contribution in [3.05, 3.63) is 82.0 Å². The van der Waals surface area contributed by atoms with Gasteiger partial charge in [-0.3, -0.25) is 9.59 Å². The fraction of sp³-hybridized carbons (Fsp3) is 0.0476. The van der Waals surface area contributed by atoms with Crippen LogP contribution in [0.3, 0.4) is 0 Å². The number of nitrogens with zero attached hydrogens (tertiary/aromatic N) is 1. The van der Waals surface area contributed by atoms with E-state index in [4.69, 9.17) is 4.74 Å². The van der Waals surface area contributed by atoms with Gasteiger partial charge in [0.05, 0.1) is 12.8 Å². The summed E-state index contributed by atoms with van der Waals surface area (Å²) in [4.78, 5) is 28.5. The van der Waals surface area contributed by atoms with Crippen LogP contribution < -0.4 is 9.64 Å². The maximum absolute atomic E-state index is 13.3. The lowest BCUT2D eigenvalue weighted by atomic mass is 9.92. The van der Waals surface area contributed by atoms with E-state index in [-0.39, 0.29) is 11.8 Å². The Bertz CT molecular complexity index is 1020. The third-order valence-electron chi connectivity index (χ3n) is 4.24. The van der Waals surface area contributed by atoms with Crippen molar-refractivity contribution in [1.82, 2.24) is 0 Å². The Kier molecular flexibility index (Phi) is 4.14. The van der Waals surface area contributed by atoms with Gasteiger partial charge in [-0.1, -0.05) is 36.4 Å². The maximum Gasteiger partial charge on any atom is 0.266 e. The lowest BCUT2D eigenvalue weighted by molar-refractivity contribution is -0.112. The Balaban J connectivity index is 1.93. The second-order valence-corrected chi connectivity index (χ2v) is 6.72. The van der Waals surface area contributed by atoms with Crippen molar-refractivity contribution in [1.29, 1.82) is 0 Å². The molecule has 1 aliphatic rings. The Morgan fingerprint density at radius 1 is 0.885 bits per heavy atom. The first-order chi connectivity index (χ1) is 12.7. The van der Waals surface area contributed by atoms with Crippen LogP contribution >= 0.6 is 11.3 Å². The highest BCUT2D eigenvalue weighted by molar-refractivity contribution is 7.11. The second kappa shape index (κ2) is 6.61. The molecule has 0 atom stereocenters. The van der Waals surface area contributed by atoms with Gasteiger partial charge in [-0.15, -0.1) is 11.3 Å². The number of thiophene rings is 1. The van der Waals surface area contributed by atoms with Gasteiger partial charge in [-0.2, -0.15) is 0 Å². The number of para-hydroxylation sites is 2. The molecule has 2 heterocycles. The monoisotopic (exact) mass is 361 g/mol. The van der Waals surface area contributed by atoms with Gasteiger partial charge in [-0.25, -0.2) is 4.90 Å². The van der Waals surface area contributed by atoms with Gasteiger partial charge in [0.2, 0.25) is 0 Å². The van der Waals surface area contributed by atoms with Crippen LogP contribution in [0.2, 0.25) is 0 Å². The van der Waals surface area contributed by atoms with Crippen LogP contribution in [0, 0.1) is 0 Å². The fourth-order valence-electron chi connectivity index (χ4n) is 3.04. The van der Waals surface area contributed by atoms with E-state index in [1.807, 2.05) is 35.7 Å². The van der Waals surface area contributed by atoms with Gasteiger partial charge >= 0.3 is 0 Å². The summed E-state index contributed by atoms with van der Waals surface area (Å²) >= 11 is 1.54. The Labute approximate surface area is 155 Å². The van der Waals surface area contributed by atoms with E-state index < -0.39 is 0 Å². The molecule has 0 radical (unpaired) electrons. The van der Waals surface area contributed by atoms with Crippen LogP contribution in [0.4, 0.5) is 5.69 Å². The number of rotatable bonds is 3. The number of carbonyl (C=O) groups excluding carboxylic acids is 2. The van der Waals surface area contributed by atoms with E-state index in [0.717, 1.165) is 4.88 Å². The van der Waals surface area contributed by atoms with E-state index in [2.05, 4.69) is 0 Å². The zero-order valence-electron chi connectivity index (χ0n) is 14.0. The molecule has 2 aromatic carbocycles. The standard InChI is InChI=1S/C21H15NO3S/c1-25-19-11-5-4-10-18(19)22-20(23)16-9-3-2-8-15(16)17(21(22)24)13-14-7-6-12-26-14/h2-13H,1H3/b17-13+. The van der Waals surface area contributed by atoms with Crippen LogP contribution in [0.25, 0.3) is 11.6 Å². The van der Waals surface area contributed by atoms with E-state index in [1.54, 1.807) is 47.7 Å². The Morgan fingerprint density at radius 3 is 2.35 bits per heavy atom. The number of hydrogen-bond acceptors (Lipinski definition) is 4. The smallest absolute Gasteiger partial charge is 0.266 e. The molecule has 0 fully saturated rings. The first kappa shape index (κ1) is 16.3. The lowest BCUT2D eigenvalue weighted by Crippen LogP contribution is -2.42. The minimum atomic E-state index is -0.355. The molecule has 0 N–H and O–H groups in total. The zero-order valence-corrected chi connectivity index (χ0v) is 14.8. The summed E-state index contributed by atoms with van der Waals surface area (Å²) in [6.07, 6.45) is 1.83. The normalized spacial score (nSPS) is 15.3. The molecule has 0 saturated heterocycles. The van der Waals surface area contributed by atoms with Crippen molar-refractivity contribution < 1.29 is 14.3 Å². The number of carbonyl (C=O) groups is 2. The molecule has 1 aromatic heterocycles. The minimum Gasteiger partial charge on any atom is -0.495 e. The topological polar surface area (TPSA) is 46.6 Å². The number of methoxy groups -OCH3 is 1. The van der Waals surface area contributed by atoms with Crippen molar-refractivity contribution in [2.45, 2.75) is 0 Å². The number of benzene rings is 2. The molecule has 0 saturated carbocycles. The SMILES string of the molecule is COc1ccccc1N1C(=O)/C(=C/c2cccs2)c2ccccc2C1=O. The van der Waals surface area contributed by atoms with Crippen LogP contribution in [0.1, 0.15) is 20.8 Å².